The Bertz CT molecular complexity index is 432. The first-order valence-corrected chi connectivity index (χ1v) is 5.42. The van der Waals surface area contributed by atoms with Crippen LogP contribution < -0.4 is 11.3 Å². The Hall–Kier alpha value is -1.32. The van der Waals surface area contributed by atoms with Crippen molar-refractivity contribution < 1.29 is 31.1 Å². The van der Waals surface area contributed by atoms with Gasteiger partial charge < -0.3 is 4.74 Å². The third kappa shape index (κ3) is 4.99. The highest BCUT2D eigenvalue weighted by Gasteiger charge is 2.35. The maximum atomic E-state index is 12.8. The Morgan fingerprint density at radius 2 is 1.70 bits per heavy atom. The fourth-order valence-corrected chi connectivity index (χ4v) is 1.58. The van der Waals surface area contributed by atoms with E-state index in [-0.39, 0.29) is 5.56 Å². The first-order valence-electron chi connectivity index (χ1n) is 5.42. The van der Waals surface area contributed by atoms with Gasteiger partial charge in [0.2, 0.25) is 0 Å². The number of nitrogens with one attached hydrogen (secondary N) is 1. The highest BCUT2D eigenvalue weighted by molar-refractivity contribution is 5.32. The second kappa shape index (κ2) is 6.42. The Labute approximate surface area is 110 Å². The summed E-state index contributed by atoms with van der Waals surface area (Å²) >= 11 is 0. The normalized spacial score (nSPS) is 14.3. The molecule has 0 radical (unpaired) electrons. The van der Waals surface area contributed by atoms with Crippen LogP contribution >= 0.6 is 0 Å². The maximum Gasteiger partial charge on any atom is 0.416 e. The number of rotatable bonds is 5. The predicted octanol–water partition coefficient (Wildman–Crippen LogP) is 2.79. The van der Waals surface area contributed by atoms with E-state index in [9.17, 15) is 26.3 Å². The predicted molar refractivity (Wildman–Crippen MR) is 58.4 cm³/mol. The Kier molecular flexibility index (Phi) is 5.37. The van der Waals surface area contributed by atoms with Crippen molar-refractivity contribution in [3.8, 4) is 0 Å². The molecule has 0 saturated carbocycles. The summed E-state index contributed by atoms with van der Waals surface area (Å²) in [6, 6.07) is 3.26. The molecule has 9 heteroatoms. The van der Waals surface area contributed by atoms with Crippen LogP contribution in [0.4, 0.5) is 26.3 Å². The summed E-state index contributed by atoms with van der Waals surface area (Å²) in [7, 11) is 0. The van der Waals surface area contributed by atoms with Gasteiger partial charge in [-0.05, 0) is 11.6 Å². The molecule has 0 amide bonds. The van der Waals surface area contributed by atoms with E-state index >= 15 is 0 Å². The van der Waals surface area contributed by atoms with Crippen molar-refractivity contribution in [1.82, 2.24) is 5.43 Å². The third-order valence-electron chi connectivity index (χ3n) is 2.39. The highest BCUT2D eigenvalue weighted by atomic mass is 19.4. The largest absolute Gasteiger partial charge is 0.416 e. The van der Waals surface area contributed by atoms with E-state index in [0.717, 1.165) is 12.1 Å². The average Bonchev–Trinajstić information content (AvgIpc) is 2.32. The van der Waals surface area contributed by atoms with E-state index in [4.69, 9.17) is 5.84 Å². The van der Waals surface area contributed by atoms with E-state index < -0.39 is 37.2 Å². The molecular formula is C11H12F6N2O. The van der Waals surface area contributed by atoms with Crippen molar-refractivity contribution in [2.24, 2.45) is 5.84 Å². The molecule has 1 aromatic carbocycles. The van der Waals surface area contributed by atoms with Crippen LogP contribution in [-0.4, -0.2) is 19.4 Å². The minimum absolute atomic E-state index is 0.273. The van der Waals surface area contributed by atoms with E-state index in [1.807, 2.05) is 5.43 Å². The van der Waals surface area contributed by atoms with Gasteiger partial charge in [-0.2, -0.15) is 26.3 Å². The molecule has 0 bridgehead atoms. The van der Waals surface area contributed by atoms with Gasteiger partial charge in [-0.15, -0.1) is 0 Å². The minimum atomic E-state index is -4.63. The van der Waals surface area contributed by atoms with E-state index in [0.29, 0.717) is 0 Å². The van der Waals surface area contributed by atoms with Crippen LogP contribution in [-0.2, 0) is 10.9 Å². The van der Waals surface area contributed by atoms with Crippen LogP contribution in [0.2, 0.25) is 0 Å². The zero-order chi connectivity index (χ0) is 15.4. The lowest BCUT2D eigenvalue weighted by Crippen LogP contribution is -2.34. The van der Waals surface area contributed by atoms with Crippen LogP contribution in [0.25, 0.3) is 0 Å². The van der Waals surface area contributed by atoms with Crippen LogP contribution in [0.3, 0.4) is 0 Å². The summed E-state index contributed by atoms with van der Waals surface area (Å²) < 4.78 is 78.4. The molecule has 0 aliphatic heterocycles. The standard InChI is InChI=1S/C11H12F6N2O/c12-10(13,14)6-20-5-9(19-18)7-3-1-2-4-8(7)11(15,16)17/h1-4,9,19H,5-6,18H2. The smallest absolute Gasteiger partial charge is 0.370 e. The third-order valence-corrected chi connectivity index (χ3v) is 2.39. The molecule has 0 saturated heterocycles. The molecule has 0 aliphatic rings. The lowest BCUT2D eigenvalue weighted by atomic mass is 10.0. The van der Waals surface area contributed by atoms with E-state index in [1.54, 1.807) is 0 Å². The number of nitrogens with two attached hydrogens (primary N) is 1. The van der Waals surface area contributed by atoms with Crippen molar-refractivity contribution in [3.63, 3.8) is 0 Å². The summed E-state index contributed by atoms with van der Waals surface area (Å²) in [5, 5.41) is 0. The van der Waals surface area contributed by atoms with Gasteiger partial charge in [-0.1, -0.05) is 18.2 Å². The van der Waals surface area contributed by atoms with Gasteiger partial charge in [0.05, 0.1) is 18.2 Å². The highest BCUT2D eigenvalue weighted by Crippen LogP contribution is 2.34. The molecule has 0 aromatic heterocycles. The van der Waals surface area contributed by atoms with Gasteiger partial charge >= 0.3 is 12.4 Å². The van der Waals surface area contributed by atoms with Crippen LogP contribution in [0, 0.1) is 0 Å². The SMILES string of the molecule is NNC(COCC(F)(F)F)c1ccccc1C(F)(F)F. The van der Waals surface area contributed by atoms with Crippen LogP contribution in [0.1, 0.15) is 17.2 Å². The molecule has 0 heterocycles. The van der Waals surface area contributed by atoms with E-state index in [1.165, 1.54) is 12.1 Å². The van der Waals surface area contributed by atoms with Crippen molar-refractivity contribution in [1.29, 1.82) is 0 Å². The van der Waals surface area contributed by atoms with E-state index in [2.05, 4.69) is 4.74 Å². The molecule has 20 heavy (non-hydrogen) atoms. The molecule has 0 spiro atoms. The van der Waals surface area contributed by atoms with Crippen molar-refractivity contribution >= 4 is 0 Å². The van der Waals surface area contributed by atoms with Crippen molar-refractivity contribution in [2.75, 3.05) is 13.2 Å². The topological polar surface area (TPSA) is 47.3 Å². The van der Waals surface area contributed by atoms with Gasteiger partial charge in [0.15, 0.2) is 0 Å². The molecule has 1 unspecified atom stereocenters. The number of hydrazine groups is 1. The summed E-state index contributed by atoms with van der Waals surface area (Å²) in [5.41, 5.74) is 0.778. The minimum Gasteiger partial charge on any atom is -0.370 e. The summed E-state index contributed by atoms with van der Waals surface area (Å²) in [6.07, 6.45) is -9.18. The first kappa shape index (κ1) is 16.7. The second-order valence-electron chi connectivity index (χ2n) is 3.93. The van der Waals surface area contributed by atoms with Crippen LogP contribution in [0.15, 0.2) is 24.3 Å². The fourth-order valence-electron chi connectivity index (χ4n) is 1.58. The zero-order valence-corrected chi connectivity index (χ0v) is 10.1. The lowest BCUT2D eigenvalue weighted by molar-refractivity contribution is -0.175. The van der Waals surface area contributed by atoms with Gasteiger partial charge in [0.1, 0.15) is 6.61 Å². The molecule has 3 nitrogen and oxygen atoms in total. The molecule has 1 atom stereocenters. The average molecular weight is 302 g/mol. The maximum absolute atomic E-state index is 12.8. The van der Waals surface area contributed by atoms with Gasteiger partial charge in [0.25, 0.3) is 0 Å². The van der Waals surface area contributed by atoms with Gasteiger partial charge in [-0.3, -0.25) is 11.3 Å². The molecule has 3 N–H and O–H groups in total. The summed E-state index contributed by atoms with van der Waals surface area (Å²) in [4.78, 5) is 0. The molecule has 1 rings (SSSR count). The quantitative estimate of drug-likeness (QED) is 0.499. The number of benzene rings is 1. The number of hydrogen-bond acceptors (Lipinski definition) is 3. The summed E-state index contributed by atoms with van der Waals surface area (Å²) in [5.74, 6) is 5.09. The molecule has 1 aromatic rings. The Morgan fingerprint density at radius 3 is 2.20 bits per heavy atom. The summed E-state index contributed by atoms with van der Waals surface area (Å²) in [6.45, 7) is -2.19. The molecular weight excluding hydrogens is 290 g/mol. The Balaban J connectivity index is 2.85. The molecule has 0 aliphatic carbocycles. The molecule has 114 valence electrons. The molecule has 0 fully saturated rings. The monoisotopic (exact) mass is 302 g/mol. The van der Waals surface area contributed by atoms with Crippen molar-refractivity contribution in [3.05, 3.63) is 35.4 Å². The second-order valence-corrected chi connectivity index (χ2v) is 3.93. The van der Waals surface area contributed by atoms with Crippen molar-refractivity contribution in [2.45, 2.75) is 18.4 Å². The fraction of sp³-hybridized carbons (Fsp3) is 0.455. The Morgan fingerprint density at radius 1 is 1.10 bits per heavy atom. The number of ether oxygens (including phenoxy) is 1. The van der Waals surface area contributed by atoms with Crippen LogP contribution in [0.5, 0.6) is 0 Å². The number of hydrogen-bond donors (Lipinski definition) is 2. The van der Waals surface area contributed by atoms with Gasteiger partial charge in [-0.25, -0.2) is 0 Å². The first-order chi connectivity index (χ1) is 9.15. The zero-order valence-electron chi connectivity index (χ0n) is 10.1. The lowest BCUT2D eigenvalue weighted by Gasteiger charge is -2.21. The number of halogens is 6. The van der Waals surface area contributed by atoms with Gasteiger partial charge in [0, 0.05) is 0 Å². The number of alkyl halides is 6.